The van der Waals surface area contributed by atoms with Crippen LogP contribution < -0.4 is 10.4 Å². The summed E-state index contributed by atoms with van der Waals surface area (Å²) in [7, 11) is 0. The molecular formula is C21H22O3. The lowest BCUT2D eigenvalue weighted by atomic mass is 9.90. The third-order valence-electron chi connectivity index (χ3n) is 5.13. The van der Waals surface area contributed by atoms with Gasteiger partial charge in [0.1, 0.15) is 17.9 Å². The van der Waals surface area contributed by atoms with Crippen molar-refractivity contribution in [1.29, 1.82) is 0 Å². The predicted molar refractivity (Wildman–Crippen MR) is 96.9 cm³/mol. The molecule has 1 aromatic heterocycles. The van der Waals surface area contributed by atoms with E-state index in [1.807, 2.05) is 12.1 Å². The first-order valence-corrected chi connectivity index (χ1v) is 8.11. The summed E-state index contributed by atoms with van der Waals surface area (Å²) >= 11 is 0. The van der Waals surface area contributed by atoms with Crippen LogP contribution in [0.3, 0.4) is 0 Å². The van der Waals surface area contributed by atoms with Crippen molar-refractivity contribution in [2.75, 3.05) is 0 Å². The van der Waals surface area contributed by atoms with Gasteiger partial charge in [0, 0.05) is 17.5 Å². The molecule has 0 spiro atoms. The fraction of sp³-hybridized carbons (Fsp3) is 0.286. The lowest BCUT2D eigenvalue weighted by Crippen LogP contribution is -2.06. The summed E-state index contributed by atoms with van der Waals surface area (Å²) in [5.74, 6) is 0.700. The van der Waals surface area contributed by atoms with Gasteiger partial charge >= 0.3 is 5.63 Å². The molecule has 3 aromatic rings. The van der Waals surface area contributed by atoms with Crippen molar-refractivity contribution in [3.05, 3.63) is 74.1 Å². The normalized spacial score (nSPS) is 11.0. The predicted octanol–water partition coefficient (Wildman–Crippen LogP) is 4.91. The lowest BCUT2D eigenvalue weighted by Gasteiger charge is -2.19. The molecule has 124 valence electrons. The standard InChI is InChI=1S/C21H22O3/c1-12-13(2)15(4)19(16(5)14(12)3)11-23-18-8-6-17-7-9-21(22)24-20(17)10-18/h6-10H,11H2,1-5H3. The fourth-order valence-corrected chi connectivity index (χ4v) is 3.08. The van der Waals surface area contributed by atoms with Crippen molar-refractivity contribution in [3.63, 3.8) is 0 Å². The molecule has 0 aliphatic rings. The van der Waals surface area contributed by atoms with Gasteiger partial charge in [-0.25, -0.2) is 4.79 Å². The number of fused-ring (bicyclic) bond motifs is 1. The Hall–Kier alpha value is -2.55. The van der Waals surface area contributed by atoms with E-state index in [9.17, 15) is 4.79 Å². The van der Waals surface area contributed by atoms with Crippen LogP contribution >= 0.6 is 0 Å². The Balaban J connectivity index is 1.93. The SMILES string of the molecule is Cc1c(C)c(C)c(COc2ccc3ccc(=O)oc3c2)c(C)c1C. The second kappa shape index (κ2) is 6.16. The molecule has 0 N–H and O–H groups in total. The molecule has 0 atom stereocenters. The highest BCUT2D eigenvalue weighted by Gasteiger charge is 2.13. The quantitative estimate of drug-likeness (QED) is 0.643. The van der Waals surface area contributed by atoms with Gasteiger partial charge in [-0.15, -0.1) is 0 Å². The molecule has 0 saturated heterocycles. The van der Waals surface area contributed by atoms with Crippen molar-refractivity contribution in [2.45, 2.75) is 41.2 Å². The van der Waals surface area contributed by atoms with Crippen molar-refractivity contribution in [1.82, 2.24) is 0 Å². The highest BCUT2D eigenvalue weighted by atomic mass is 16.5. The fourth-order valence-electron chi connectivity index (χ4n) is 3.08. The highest BCUT2D eigenvalue weighted by molar-refractivity contribution is 5.77. The van der Waals surface area contributed by atoms with Gasteiger partial charge in [-0.2, -0.15) is 0 Å². The van der Waals surface area contributed by atoms with Gasteiger partial charge in [-0.1, -0.05) is 0 Å². The highest BCUT2D eigenvalue weighted by Crippen LogP contribution is 2.28. The topological polar surface area (TPSA) is 39.4 Å². The number of benzene rings is 2. The van der Waals surface area contributed by atoms with Crippen molar-refractivity contribution in [2.24, 2.45) is 0 Å². The van der Waals surface area contributed by atoms with E-state index in [2.05, 4.69) is 34.6 Å². The van der Waals surface area contributed by atoms with Crippen LogP contribution in [-0.4, -0.2) is 0 Å². The third-order valence-corrected chi connectivity index (χ3v) is 5.13. The maximum atomic E-state index is 11.4. The van der Waals surface area contributed by atoms with E-state index < -0.39 is 0 Å². The van der Waals surface area contributed by atoms with Crippen LogP contribution in [0, 0.1) is 34.6 Å². The molecule has 3 rings (SSSR count). The second-order valence-corrected chi connectivity index (χ2v) is 6.35. The Morgan fingerprint density at radius 1 is 0.833 bits per heavy atom. The average molecular weight is 322 g/mol. The monoisotopic (exact) mass is 322 g/mol. The van der Waals surface area contributed by atoms with Gasteiger partial charge in [0.05, 0.1) is 0 Å². The van der Waals surface area contributed by atoms with Crippen molar-refractivity contribution >= 4 is 11.0 Å². The van der Waals surface area contributed by atoms with E-state index in [0.717, 1.165) is 5.39 Å². The zero-order valence-electron chi connectivity index (χ0n) is 14.8. The molecule has 2 aromatic carbocycles. The average Bonchev–Trinajstić information content (AvgIpc) is 2.58. The van der Waals surface area contributed by atoms with Gasteiger partial charge in [0.15, 0.2) is 0 Å². The number of hydrogen-bond donors (Lipinski definition) is 0. The Kier molecular flexibility index (Phi) is 4.18. The minimum Gasteiger partial charge on any atom is -0.489 e. The summed E-state index contributed by atoms with van der Waals surface area (Å²) in [6.07, 6.45) is 0. The van der Waals surface area contributed by atoms with Crippen molar-refractivity contribution in [3.8, 4) is 5.75 Å². The third kappa shape index (κ3) is 2.82. The first kappa shape index (κ1) is 16.3. The molecular weight excluding hydrogens is 300 g/mol. The number of rotatable bonds is 3. The first-order chi connectivity index (χ1) is 11.4. The molecule has 0 fully saturated rings. The van der Waals surface area contributed by atoms with E-state index in [0.29, 0.717) is 17.9 Å². The van der Waals surface area contributed by atoms with E-state index in [-0.39, 0.29) is 5.63 Å². The second-order valence-electron chi connectivity index (χ2n) is 6.35. The maximum Gasteiger partial charge on any atom is 0.336 e. The molecule has 0 radical (unpaired) electrons. The van der Waals surface area contributed by atoms with Gasteiger partial charge < -0.3 is 9.15 Å². The zero-order chi connectivity index (χ0) is 17.4. The van der Waals surface area contributed by atoms with Gasteiger partial charge in [-0.3, -0.25) is 0 Å². The summed E-state index contributed by atoms with van der Waals surface area (Å²) in [5.41, 5.74) is 7.97. The van der Waals surface area contributed by atoms with Crippen LogP contribution in [0.5, 0.6) is 5.75 Å². The molecule has 0 aliphatic heterocycles. The smallest absolute Gasteiger partial charge is 0.336 e. The molecule has 0 amide bonds. The largest absolute Gasteiger partial charge is 0.489 e. The molecule has 24 heavy (non-hydrogen) atoms. The van der Waals surface area contributed by atoms with E-state index in [1.165, 1.54) is 39.4 Å². The van der Waals surface area contributed by atoms with Gasteiger partial charge in [-0.05, 0) is 86.2 Å². The summed E-state index contributed by atoms with van der Waals surface area (Å²) in [5, 5.41) is 0.885. The molecule has 3 nitrogen and oxygen atoms in total. The van der Waals surface area contributed by atoms with E-state index in [4.69, 9.17) is 9.15 Å². The molecule has 0 aliphatic carbocycles. The van der Waals surface area contributed by atoms with E-state index >= 15 is 0 Å². The molecule has 0 unspecified atom stereocenters. The Bertz CT molecular complexity index is 951. The van der Waals surface area contributed by atoms with E-state index in [1.54, 1.807) is 12.1 Å². The summed E-state index contributed by atoms with van der Waals surface area (Å²) < 4.78 is 11.2. The molecule has 0 bridgehead atoms. The molecule has 1 heterocycles. The Morgan fingerprint density at radius 3 is 2.08 bits per heavy atom. The molecule has 3 heteroatoms. The minimum absolute atomic E-state index is 0.351. The van der Waals surface area contributed by atoms with Crippen LogP contribution in [0.25, 0.3) is 11.0 Å². The van der Waals surface area contributed by atoms with Crippen LogP contribution in [0.4, 0.5) is 0 Å². The van der Waals surface area contributed by atoms with Gasteiger partial charge in [0.25, 0.3) is 0 Å². The Labute approximate surface area is 141 Å². The van der Waals surface area contributed by atoms with Gasteiger partial charge in [0.2, 0.25) is 0 Å². The summed E-state index contributed by atoms with van der Waals surface area (Å²) in [4.78, 5) is 11.4. The first-order valence-electron chi connectivity index (χ1n) is 8.11. The van der Waals surface area contributed by atoms with Crippen LogP contribution in [-0.2, 0) is 6.61 Å². The Morgan fingerprint density at radius 2 is 1.42 bits per heavy atom. The number of ether oxygens (including phenoxy) is 1. The summed E-state index contributed by atoms with van der Waals surface area (Å²) in [6, 6.07) is 8.76. The summed E-state index contributed by atoms with van der Waals surface area (Å²) in [6.45, 7) is 11.3. The van der Waals surface area contributed by atoms with Crippen LogP contribution in [0.2, 0.25) is 0 Å². The number of hydrogen-bond acceptors (Lipinski definition) is 3. The molecule has 0 saturated carbocycles. The lowest BCUT2D eigenvalue weighted by molar-refractivity contribution is 0.304. The van der Waals surface area contributed by atoms with Crippen molar-refractivity contribution < 1.29 is 9.15 Å². The maximum absolute atomic E-state index is 11.4. The van der Waals surface area contributed by atoms with Crippen LogP contribution in [0.1, 0.15) is 33.4 Å². The minimum atomic E-state index is -0.351. The van der Waals surface area contributed by atoms with Crippen LogP contribution in [0.15, 0.2) is 39.5 Å². The zero-order valence-corrected chi connectivity index (χ0v) is 14.8.